The highest BCUT2D eigenvalue weighted by Crippen LogP contribution is 2.24. The van der Waals surface area contributed by atoms with Crippen molar-refractivity contribution in [1.82, 2.24) is 14.8 Å². The highest BCUT2D eigenvalue weighted by molar-refractivity contribution is 7.93. The first-order valence-electron chi connectivity index (χ1n) is 11.9. The number of piperazine rings is 1. The Bertz CT molecular complexity index is 1580. The third-order valence-corrected chi connectivity index (χ3v) is 7.79. The number of carbonyl (C=O) groups excluding carboxylic acids is 1. The first-order chi connectivity index (χ1) is 17.9. The van der Waals surface area contributed by atoms with Gasteiger partial charge in [-0.15, -0.1) is 0 Å². The van der Waals surface area contributed by atoms with Crippen LogP contribution in [0.3, 0.4) is 0 Å². The monoisotopic (exact) mass is 511 g/mol. The predicted molar refractivity (Wildman–Crippen MR) is 143 cm³/mol. The van der Waals surface area contributed by atoms with E-state index in [9.17, 15) is 13.2 Å². The van der Waals surface area contributed by atoms with Crippen molar-refractivity contribution in [3.63, 3.8) is 0 Å². The molecule has 4 aromatic rings. The average Bonchev–Trinajstić information content (AvgIpc) is 2.93. The number of hydrogen-bond donors (Lipinski definition) is 1. The lowest BCUT2D eigenvalue weighted by Crippen LogP contribution is -2.48. The fraction of sp³-hybridized carbons (Fsp3) is 0.179. The Kier molecular flexibility index (Phi) is 6.86. The topological polar surface area (TPSA) is 87.0 Å². The number of anilines is 1. The van der Waals surface area contributed by atoms with E-state index in [2.05, 4.69) is 19.5 Å². The summed E-state index contributed by atoms with van der Waals surface area (Å²) in [4.78, 5) is 24.9. The van der Waals surface area contributed by atoms with Crippen LogP contribution in [0.1, 0.15) is 15.9 Å². The molecule has 1 saturated heterocycles. The third-order valence-electron chi connectivity index (χ3n) is 6.37. The van der Waals surface area contributed by atoms with Gasteiger partial charge >= 0.3 is 0 Å². The molecule has 0 spiro atoms. The van der Waals surface area contributed by atoms with Gasteiger partial charge in [-0.1, -0.05) is 42.5 Å². The molecule has 5 rings (SSSR count). The average molecular weight is 512 g/mol. The summed E-state index contributed by atoms with van der Waals surface area (Å²) < 4.78 is 28.7. The summed E-state index contributed by atoms with van der Waals surface area (Å²) in [7, 11) is -3.86. The zero-order chi connectivity index (χ0) is 25.8. The molecule has 3 aromatic carbocycles. The zero-order valence-corrected chi connectivity index (χ0v) is 20.9. The number of nitrogens with one attached hydrogen (secondary N) is 1. The Morgan fingerprint density at radius 2 is 1.68 bits per heavy atom. The summed E-state index contributed by atoms with van der Waals surface area (Å²) >= 11 is 0. The molecule has 0 unspecified atom stereocenters. The van der Waals surface area contributed by atoms with E-state index in [1.54, 1.807) is 48.7 Å². The van der Waals surface area contributed by atoms with Gasteiger partial charge in [0.15, 0.2) is 5.69 Å². The number of carbonyl (C=O) groups is 1. The lowest BCUT2D eigenvalue weighted by atomic mass is 10.1. The Morgan fingerprint density at radius 1 is 0.946 bits per heavy atom. The van der Waals surface area contributed by atoms with Gasteiger partial charge in [-0.2, -0.15) is 0 Å². The van der Waals surface area contributed by atoms with E-state index >= 15 is 0 Å². The predicted octanol–water partition coefficient (Wildman–Crippen LogP) is 4.54. The van der Waals surface area contributed by atoms with E-state index in [1.165, 1.54) is 6.07 Å². The molecule has 37 heavy (non-hydrogen) atoms. The summed E-state index contributed by atoms with van der Waals surface area (Å²) in [6, 6.07) is 22.7. The number of pyridine rings is 1. The van der Waals surface area contributed by atoms with Gasteiger partial charge in [-0.3, -0.25) is 19.4 Å². The van der Waals surface area contributed by atoms with E-state index in [4.69, 9.17) is 6.57 Å². The molecule has 0 saturated carbocycles. The van der Waals surface area contributed by atoms with Gasteiger partial charge in [0.2, 0.25) is 0 Å². The molecule has 8 nitrogen and oxygen atoms in total. The van der Waals surface area contributed by atoms with Crippen LogP contribution in [-0.2, 0) is 16.6 Å². The first-order valence-corrected chi connectivity index (χ1v) is 13.4. The zero-order valence-electron chi connectivity index (χ0n) is 20.0. The molecule has 1 aliphatic rings. The maximum absolute atomic E-state index is 13.0. The van der Waals surface area contributed by atoms with E-state index in [1.807, 2.05) is 35.2 Å². The number of rotatable bonds is 6. The van der Waals surface area contributed by atoms with Crippen molar-refractivity contribution in [2.75, 3.05) is 30.9 Å². The summed E-state index contributed by atoms with van der Waals surface area (Å²) in [5.74, 6) is -0.0812. The highest BCUT2D eigenvalue weighted by atomic mass is 32.2. The molecule has 0 bridgehead atoms. The molecule has 2 heterocycles. The van der Waals surface area contributed by atoms with Crippen LogP contribution in [0.2, 0.25) is 0 Å². The van der Waals surface area contributed by atoms with Gasteiger partial charge < -0.3 is 4.90 Å². The summed E-state index contributed by atoms with van der Waals surface area (Å²) in [6.07, 6.45) is 1.56. The fourth-order valence-corrected chi connectivity index (χ4v) is 5.70. The largest absolute Gasteiger partial charge is 0.336 e. The molecule has 186 valence electrons. The van der Waals surface area contributed by atoms with Gasteiger partial charge in [-0.25, -0.2) is 13.3 Å². The van der Waals surface area contributed by atoms with Crippen LogP contribution in [0, 0.1) is 6.57 Å². The Labute approximate surface area is 216 Å². The summed E-state index contributed by atoms with van der Waals surface area (Å²) in [5.41, 5.74) is 3.00. The lowest BCUT2D eigenvalue weighted by Gasteiger charge is -2.35. The van der Waals surface area contributed by atoms with Crippen molar-refractivity contribution in [3.05, 3.63) is 108 Å². The van der Waals surface area contributed by atoms with E-state index in [0.717, 1.165) is 30.6 Å². The van der Waals surface area contributed by atoms with Crippen molar-refractivity contribution >= 4 is 38.2 Å². The van der Waals surface area contributed by atoms with Crippen LogP contribution in [0.4, 0.5) is 11.4 Å². The van der Waals surface area contributed by atoms with Crippen molar-refractivity contribution in [3.8, 4) is 0 Å². The van der Waals surface area contributed by atoms with Gasteiger partial charge in [0.1, 0.15) is 4.90 Å². The molecule has 9 heteroatoms. The summed E-state index contributed by atoms with van der Waals surface area (Å²) in [5, 5.41) is 0.739. The molecule has 0 radical (unpaired) electrons. The Morgan fingerprint density at radius 3 is 2.43 bits per heavy atom. The molecule has 1 N–H and O–H groups in total. The number of aromatic nitrogens is 1. The molecular weight excluding hydrogens is 486 g/mol. The number of amides is 1. The molecule has 1 aliphatic heterocycles. The standard InChI is InChI=1S/C28H25N5O3S/c1-29-25-8-2-5-21(19-25)20-32-15-17-33(18-16-32)28(34)23-10-12-24(13-11-23)31-37(35,36)26-9-3-6-22-7-4-14-30-27(22)26/h2-14,19,31H,15-18,20H2. The molecular formula is C28H25N5O3S. The maximum atomic E-state index is 13.0. The quantitative estimate of drug-likeness (QED) is 0.384. The fourth-order valence-electron chi connectivity index (χ4n) is 4.46. The third kappa shape index (κ3) is 5.45. The van der Waals surface area contributed by atoms with Gasteiger partial charge in [-0.05, 0) is 42.0 Å². The van der Waals surface area contributed by atoms with Crippen LogP contribution in [0.5, 0.6) is 0 Å². The SMILES string of the molecule is [C-]#[N+]c1cccc(CN2CCN(C(=O)c3ccc(NS(=O)(=O)c4cccc5cccnc45)cc3)CC2)c1. The smallest absolute Gasteiger partial charge is 0.264 e. The number of sulfonamides is 1. The van der Waals surface area contributed by atoms with Crippen molar-refractivity contribution in [1.29, 1.82) is 0 Å². The minimum atomic E-state index is -3.86. The molecule has 1 fully saturated rings. The molecule has 0 aliphatic carbocycles. The van der Waals surface area contributed by atoms with Gasteiger partial charge in [0.05, 0.1) is 12.1 Å². The Hall–Kier alpha value is -4.26. The highest BCUT2D eigenvalue weighted by Gasteiger charge is 2.23. The maximum Gasteiger partial charge on any atom is 0.264 e. The lowest BCUT2D eigenvalue weighted by molar-refractivity contribution is 0.0628. The number of nitrogens with zero attached hydrogens (tertiary/aromatic N) is 4. The second-order valence-corrected chi connectivity index (χ2v) is 10.5. The number of hydrogen-bond acceptors (Lipinski definition) is 5. The molecule has 0 atom stereocenters. The normalized spacial score (nSPS) is 14.3. The van der Waals surface area contributed by atoms with Crippen LogP contribution in [-0.4, -0.2) is 55.3 Å². The van der Waals surface area contributed by atoms with Gasteiger partial charge in [0, 0.05) is 55.6 Å². The first kappa shape index (κ1) is 24.4. The van der Waals surface area contributed by atoms with Crippen LogP contribution in [0.15, 0.2) is 90.0 Å². The Balaban J connectivity index is 1.21. The van der Waals surface area contributed by atoms with Crippen LogP contribution in [0.25, 0.3) is 15.7 Å². The van der Waals surface area contributed by atoms with E-state index < -0.39 is 10.0 Å². The van der Waals surface area contributed by atoms with Crippen LogP contribution >= 0.6 is 0 Å². The summed E-state index contributed by atoms with van der Waals surface area (Å²) in [6.45, 7) is 10.6. The van der Waals surface area contributed by atoms with Crippen LogP contribution < -0.4 is 4.72 Å². The minimum Gasteiger partial charge on any atom is -0.336 e. The number of para-hydroxylation sites is 1. The second kappa shape index (κ2) is 10.4. The van der Waals surface area contributed by atoms with E-state index in [0.29, 0.717) is 35.5 Å². The number of fused-ring (bicyclic) bond motifs is 1. The van der Waals surface area contributed by atoms with Gasteiger partial charge in [0.25, 0.3) is 15.9 Å². The van der Waals surface area contributed by atoms with Crippen molar-refractivity contribution in [2.45, 2.75) is 11.4 Å². The van der Waals surface area contributed by atoms with Crippen molar-refractivity contribution in [2.24, 2.45) is 0 Å². The second-order valence-electron chi connectivity index (χ2n) is 8.86. The molecule has 1 amide bonds. The number of benzene rings is 3. The molecule has 1 aromatic heterocycles. The van der Waals surface area contributed by atoms with Crippen molar-refractivity contribution < 1.29 is 13.2 Å². The van der Waals surface area contributed by atoms with E-state index in [-0.39, 0.29) is 10.8 Å². The minimum absolute atomic E-state index is 0.0812.